The molecule has 0 aromatic heterocycles. The number of carbonyl (C=O) groups is 4. The van der Waals surface area contributed by atoms with Crippen LogP contribution in [0.3, 0.4) is 0 Å². The molecule has 0 aromatic carbocycles. The Morgan fingerprint density at radius 1 is 1.25 bits per heavy atom. The molecule has 1 amide bonds. The molecule has 0 saturated heterocycles. The van der Waals surface area contributed by atoms with Crippen molar-refractivity contribution in [2.75, 3.05) is 7.11 Å². The Labute approximate surface area is 90.2 Å². The van der Waals surface area contributed by atoms with Gasteiger partial charge in [0.15, 0.2) is 0 Å². The maximum atomic E-state index is 10.9. The Kier molecular flexibility index (Phi) is 5.53. The second-order valence-corrected chi connectivity index (χ2v) is 2.79. The molecule has 90 valence electrons. The summed E-state index contributed by atoms with van der Waals surface area (Å²) in [5, 5.41) is 18.8. The molecule has 1 unspecified atom stereocenters. The third-order valence-corrected chi connectivity index (χ3v) is 1.62. The van der Waals surface area contributed by atoms with Crippen LogP contribution in [0, 0.1) is 0 Å². The summed E-state index contributed by atoms with van der Waals surface area (Å²) in [6.45, 7) is 0. The zero-order chi connectivity index (χ0) is 12.7. The number of ether oxygens (including phenoxy) is 1. The molecule has 0 heterocycles. The van der Waals surface area contributed by atoms with E-state index in [1.54, 1.807) is 0 Å². The number of carboxylic acids is 2. The number of hydrogen-bond donors (Lipinski definition) is 3. The second kappa shape index (κ2) is 6.38. The monoisotopic (exact) mass is 233 g/mol. The molecule has 0 aliphatic heterocycles. The van der Waals surface area contributed by atoms with Crippen molar-refractivity contribution in [3.63, 3.8) is 0 Å². The lowest BCUT2D eigenvalue weighted by molar-refractivity contribution is -0.154. The highest BCUT2D eigenvalue weighted by Crippen LogP contribution is 1.98. The van der Waals surface area contributed by atoms with Gasteiger partial charge < -0.3 is 20.3 Å². The van der Waals surface area contributed by atoms with E-state index >= 15 is 0 Å². The van der Waals surface area contributed by atoms with Gasteiger partial charge >= 0.3 is 23.8 Å². The number of methoxy groups -OCH3 is 1. The Balaban J connectivity index is 4.34. The van der Waals surface area contributed by atoms with Gasteiger partial charge in [-0.2, -0.15) is 0 Å². The highest BCUT2D eigenvalue weighted by molar-refractivity contribution is 6.32. The third-order valence-electron chi connectivity index (χ3n) is 1.62. The molecule has 0 aliphatic carbocycles. The molecule has 8 nitrogen and oxygen atoms in total. The summed E-state index contributed by atoms with van der Waals surface area (Å²) in [7, 11) is 0.967. The molecule has 0 rings (SSSR count). The summed E-state index contributed by atoms with van der Waals surface area (Å²) < 4.78 is 4.06. The Bertz CT molecular complexity index is 312. The SMILES string of the molecule is COC(=O)C(=O)NC(CCC(=O)O)C(=O)O. The molecule has 1 atom stereocenters. The lowest BCUT2D eigenvalue weighted by atomic mass is 10.1. The molecule has 0 fully saturated rings. The predicted molar refractivity (Wildman–Crippen MR) is 48.5 cm³/mol. The summed E-state index contributed by atoms with van der Waals surface area (Å²) in [6, 6.07) is -1.43. The van der Waals surface area contributed by atoms with Gasteiger partial charge in [0.25, 0.3) is 0 Å². The minimum Gasteiger partial charge on any atom is -0.481 e. The number of carbonyl (C=O) groups excluding carboxylic acids is 2. The predicted octanol–water partition coefficient (Wildman–Crippen LogP) is -1.41. The molecule has 16 heavy (non-hydrogen) atoms. The van der Waals surface area contributed by atoms with Crippen molar-refractivity contribution in [3.8, 4) is 0 Å². The van der Waals surface area contributed by atoms with Crippen LogP contribution in [-0.2, 0) is 23.9 Å². The first-order chi connectivity index (χ1) is 7.38. The molecular weight excluding hydrogens is 222 g/mol. The molecule has 0 aromatic rings. The minimum absolute atomic E-state index is 0.312. The van der Waals surface area contributed by atoms with Crippen LogP contribution < -0.4 is 5.32 Å². The number of aliphatic carboxylic acids is 2. The van der Waals surface area contributed by atoms with Crippen molar-refractivity contribution in [3.05, 3.63) is 0 Å². The molecule has 8 heteroatoms. The number of carboxylic acid groups (broad SMARTS) is 2. The van der Waals surface area contributed by atoms with E-state index in [-0.39, 0.29) is 6.42 Å². The van der Waals surface area contributed by atoms with Crippen molar-refractivity contribution < 1.29 is 34.1 Å². The smallest absolute Gasteiger partial charge is 0.396 e. The quantitative estimate of drug-likeness (QED) is 0.393. The Hall–Kier alpha value is -2.12. The average molecular weight is 233 g/mol. The summed E-state index contributed by atoms with van der Waals surface area (Å²) in [5.41, 5.74) is 0. The van der Waals surface area contributed by atoms with Gasteiger partial charge in [0.2, 0.25) is 0 Å². The summed E-state index contributed by atoms with van der Waals surface area (Å²) in [4.78, 5) is 42.4. The van der Waals surface area contributed by atoms with E-state index in [2.05, 4.69) is 4.74 Å². The fourth-order valence-electron chi connectivity index (χ4n) is 0.835. The van der Waals surface area contributed by atoms with Gasteiger partial charge in [0.05, 0.1) is 7.11 Å². The van der Waals surface area contributed by atoms with E-state index in [0.29, 0.717) is 0 Å². The molecule has 0 bridgehead atoms. The molecule has 0 radical (unpaired) electrons. The van der Waals surface area contributed by atoms with Crippen LogP contribution in [0.5, 0.6) is 0 Å². The van der Waals surface area contributed by atoms with Crippen LogP contribution in [0.4, 0.5) is 0 Å². The topological polar surface area (TPSA) is 130 Å². The van der Waals surface area contributed by atoms with E-state index in [4.69, 9.17) is 10.2 Å². The first-order valence-corrected chi connectivity index (χ1v) is 4.22. The largest absolute Gasteiger partial charge is 0.481 e. The minimum atomic E-state index is -1.43. The summed E-state index contributed by atoms with van der Waals surface area (Å²) >= 11 is 0. The van der Waals surface area contributed by atoms with Crippen molar-refractivity contribution in [1.82, 2.24) is 5.32 Å². The number of nitrogens with one attached hydrogen (secondary N) is 1. The number of esters is 1. The lowest BCUT2D eigenvalue weighted by Crippen LogP contribution is -2.44. The number of amides is 1. The summed E-state index contributed by atoms with van der Waals surface area (Å²) in [6.07, 6.45) is -0.744. The maximum absolute atomic E-state index is 10.9. The van der Waals surface area contributed by atoms with Crippen molar-refractivity contribution in [2.24, 2.45) is 0 Å². The van der Waals surface area contributed by atoms with E-state index in [1.807, 2.05) is 5.32 Å². The summed E-state index contributed by atoms with van der Waals surface area (Å²) in [5.74, 6) is -5.07. The van der Waals surface area contributed by atoms with Gasteiger partial charge in [-0.25, -0.2) is 9.59 Å². The van der Waals surface area contributed by atoms with Gasteiger partial charge in [-0.05, 0) is 6.42 Å². The van der Waals surface area contributed by atoms with Crippen molar-refractivity contribution in [2.45, 2.75) is 18.9 Å². The van der Waals surface area contributed by atoms with Crippen LogP contribution in [0.1, 0.15) is 12.8 Å². The fraction of sp³-hybridized carbons (Fsp3) is 0.500. The Morgan fingerprint density at radius 3 is 2.19 bits per heavy atom. The number of rotatable bonds is 5. The van der Waals surface area contributed by atoms with Crippen LogP contribution >= 0.6 is 0 Å². The molecular formula is C8H11NO7. The normalized spacial score (nSPS) is 11.3. The highest BCUT2D eigenvalue weighted by Gasteiger charge is 2.24. The molecule has 3 N–H and O–H groups in total. The van der Waals surface area contributed by atoms with Gasteiger partial charge in [-0.3, -0.25) is 9.59 Å². The lowest BCUT2D eigenvalue weighted by Gasteiger charge is -2.11. The van der Waals surface area contributed by atoms with E-state index < -0.39 is 36.3 Å². The number of hydrogen-bond acceptors (Lipinski definition) is 5. The van der Waals surface area contributed by atoms with Crippen molar-refractivity contribution >= 4 is 23.8 Å². The standard InChI is InChI=1S/C8H11NO7/c1-16-8(15)6(12)9-4(7(13)14)2-3-5(10)11/h4H,2-3H2,1H3,(H,9,12)(H,10,11)(H,13,14). The Morgan fingerprint density at radius 2 is 1.81 bits per heavy atom. The second-order valence-electron chi connectivity index (χ2n) is 2.79. The zero-order valence-electron chi connectivity index (χ0n) is 8.43. The highest BCUT2D eigenvalue weighted by atomic mass is 16.5. The zero-order valence-corrected chi connectivity index (χ0v) is 8.43. The van der Waals surface area contributed by atoms with Gasteiger partial charge in [0.1, 0.15) is 6.04 Å². The van der Waals surface area contributed by atoms with Gasteiger partial charge in [0, 0.05) is 6.42 Å². The molecule has 0 saturated carbocycles. The fourth-order valence-corrected chi connectivity index (χ4v) is 0.835. The van der Waals surface area contributed by atoms with Crippen LogP contribution in [0.2, 0.25) is 0 Å². The average Bonchev–Trinajstić information content (AvgIpc) is 2.21. The van der Waals surface area contributed by atoms with Crippen LogP contribution in [0.25, 0.3) is 0 Å². The van der Waals surface area contributed by atoms with E-state index in [0.717, 1.165) is 7.11 Å². The molecule has 0 spiro atoms. The maximum Gasteiger partial charge on any atom is 0.396 e. The van der Waals surface area contributed by atoms with Gasteiger partial charge in [-0.1, -0.05) is 0 Å². The van der Waals surface area contributed by atoms with E-state index in [9.17, 15) is 19.2 Å². The van der Waals surface area contributed by atoms with Crippen molar-refractivity contribution in [1.29, 1.82) is 0 Å². The third kappa shape index (κ3) is 4.94. The first-order valence-electron chi connectivity index (χ1n) is 4.22. The first kappa shape index (κ1) is 13.9. The van der Waals surface area contributed by atoms with Crippen LogP contribution in [0.15, 0.2) is 0 Å². The van der Waals surface area contributed by atoms with Crippen LogP contribution in [-0.4, -0.2) is 47.2 Å². The van der Waals surface area contributed by atoms with Gasteiger partial charge in [-0.15, -0.1) is 0 Å². The molecule has 0 aliphatic rings. The van der Waals surface area contributed by atoms with E-state index in [1.165, 1.54) is 0 Å².